The van der Waals surface area contributed by atoms with Gasteiger partial charge in [0.15, 0.2) is 16.6 Å². The molecule has 0 radical (unpaired) electrons. The van der Waals surface area contributed by atoms with Gasteiger partial charge in [-0.3, -0.25) is 10.1 Å². The fourth-order valence-electron chi connectivity index (χ4n) is 2.52. The molecule has 0 saturated carbocycles. The van der Waals surface area contributed by atoms with E-state index in [9.17, 15) is 4.79 Å². The zero-order chi connectivity index (χ0) is 16.5. The number of hydrogen-bond acceptors (Lipinski definition) is 6. The van der Waals surface area contributed by atoms with Gasteiger partial charge < -0.3 is 9.47 Å². The Labute approximate surface area is 147 Å². The van der Waals surface area contributed by atoms with Crippen LogP contribution in [0.2, 0.25) is 0 Å². The minimum atomic E-state index is -0.156. The van der Waals surface area contributed by atoms with Gasteiger partial charge in [0.1, 0.15) is 13.2 Å². The van der Waals surface area contributed by atoms with Crippen molar-refractivity contribution in [3.05, 3.63) is 42.0 Å². The number of carbonyl (C=O) groups is 1. The lowest BCUT2D eigenvalue weighted by atomic mass is 10.2. The molecule has 7 heteroatoms. The van der Waals surface area contributed by atoms with E-state index in [4.69, 9.17) is 9.47 Å². The number of benzene rings is 2. The second-order valence-electron chi connectivity index (χ2n) is 5.14. The van der Waals surface area contributed by atoms with Gasteiger partial charge in [-0.1, -0.05) is 23.5 Å². The van der Waals surface area contributed by atoms with E-state index >= 15 is 0 Å². The van der Waals surface area contributed by atoms with Crippen molar-refractivity contribution in [2.24, 2.45) is 0 Å². The number of aromatic nitrogens is 1. The Morgan fingerprint density at radius 1 is 1.21 bits per heavy atom. The van der Waals surface area contributed by atoms with Gasteiger partial charge in [0, 0.05) is 17.0 Å². The van der Waals surface area contributed by atoms with Crippen LogP contribution >= 0.6 is 23.1 Å². The topological polar surface area (TPSA) is 60.5 Å². The predicted molar refractivity (Wildman–Crippen MR) is 96.8 cm³/mol. The minimum absolute atomic E-state index is 0.156. The highest BCUT2D eigenvalue weighted by molar-refractivity contribution is 7.98. The van der Waals surface area contributed by atoms with Crippen molar-refractivity contribution < 1.29 is 14.3 Å². The summed E-state index contributed by atoms with van der Waals surface area (Å²) in [7, 11) is 0. The Balaban J connectivity index is 1.63. The van der Waals surface area contributed by atoms with Crippen LogP contribution in [-0.4, -0.2) is 30.4 Å². The maximum atomic E-state index is 12.5. The molecule has 0 bridgehead atoms. The van der Waals surface area contributed by atoms with Gasteiger partial charge in [-0.2, -0.15) is 0 Å². The molecular weight excluding hydrogens is 344 g/mol. The van der Waals surface area contributed by atoms with Crippen LogP contribution in [0.1, 0.15) is 10.4 Å². The number of anilines is 1. The van der Waals surface area contributed by atoms with E-state index in [0.717, 1.165) is 20.9 Å². The van der Waals surface area contributed by atoms with Crippen LogP contribution in [0, 0.1) is 0 Å². The molecule has 2 heterocycles. The highest BCUT2D eigenvalue weighted by Crippen LogP contribution is 2.38. The Hall–Kier alpha value is -2.25. The highest BCUT2D eigenvalue weighted by atomic mass is 32.2. The maximum absolute atomic E-state index is 12.5. The fourth-order valence-corrected chi connectivity index (χ4v) is 3.98. The summed E-state index contributed by atoms with van der Waals surface area (Å²) in [4.78, 5) is 17.9. The first kappa shape index (κ1) is 15.3. The number of hydrogen-bond donors (Lipinski definition) is 1. The summed E-state index contributed by atoms with van der Waals surface area (Å²) in [5.74, 6) is 1.27. The van der Waals surface area contributed by atoms with Crippen LogP contribution in [0.15, 0.2) is 41.3 Å². The van der Waals surface area contributed by atoms with Crippen LogP contribution in [0.25, 0.3) is 10.2 Å². The number of carbonyl (C=O) groups excluding carboxylic acids is 1. The molecule has 1 N–H and O–H groups in total. The summed E-state index contributed by atoms with van der Waals surface area (Å²) in [6.07, 6.45) is 1.95. The van der Waals surface area contributed by atoms with E-state index in [2.05, 4.69) is 10.3 Å². The molecule has 2 aromatic carbocycles. The molecule has 122 valence electrons. The molecule has 24 heavy (non-hydrogen) atoms. The van der Waals surface area contributed by atoms with Gasteiger partial charge in [-0.15, -0.1) is 11.8 Å². The minimum Gasteiger partial charge on any atom is -0.486 e. The third-order valence-electron chi connectivity index (χ3n) is 3.62. The van der Waals surface area contributed by atoms with Crippen molar-refractivity contribution >= 4 is 44.4 Å². The smallest absolute Gasteiger partial charge is 0.258 e. The molecule has 1 amide bonds. The normalized spacial score (nSPS) is 13.0. The van der Waals surface area contributed by atoms with Crippen LogP contribution in [0.5, 0.6) is 11.5 Å². The zero-order valence-corrected chi connectivity index (χ0v) is 14.5. The van der Waals surface area contributed by atoms with Crippen LogP contribution < -0.4 is 14.8 Å². The Kier molecular flexibility index (Phi) is 4.03. The Morgan fingerprint density at radius 3 is 2.75 bits per heavy atom. The second-order valence-corrected chi connectivity index (χ2v) is 7.02. The molecule has 0 atom stereocenters. The highest BCUT2D eigenvalue weighted by Gasteiger charge is 2.17. The Bertz CT molecular complexity index is 880. The lowest BCUT2D eigenvalue weighted by Crippen LogP contribution is -2.15. The molecule has 0 fully saturated rings. The number of nitrogens with zero attached hydrogens (tertiary/aromatic N) is 1. The lowest BCUT2D eigenvalue weighted by Gasteiger charge is -2.17. The lowest BCUT2D eigenvalue weighted by molar-refractivity contribution is 0.102. The van der Waals surface area contributed by atoms with E-state index in [1.165, 1.54) is 11.3 Å². The second kappa shape index (κ2) is 6.33. The SMILES string of the molecule is CSc1ccccc1C(=O)Nc1nc2cc3c(cc2s1)OCCO3. The van der Waals surface area contributed by atoms with Gasteiger partial charge in [-0.25, -0.2) is 4.98 Å². The fraction of sp³-hybridized carbons (Fsp3) is 0.176. The number of thioether (sulfide) groups is 1. The van der Waals surface area contributed by atoms with E-state index in [0.29, 0.717) is 29.7 Å². The van der Waals surface area contributed by atoms with Crippen molar-refractivity contribution in [2.75, 3.05) is 24.8 Å². The average Bonchev–Trinajstić information content (AvgIpc) is 3.00. The summed E-state index contributed by atoms with van der Waals surface area (Å²) >= 11 is 2.97. The van der Waals surface area contributed by atoms with Crippen molar-refractivity contribution in [2.45, 2.75) is 4.90 Å². The largest absolute Gasteiger partial charge is 0.486 e. The quantitative estimate of drug-likeness (QED) is 0.716. The molecule has 1 aromatic heterocycles. The number of fused-ring (bicyclic) bond motifs is 2. The van der Waals surface area contributed by atoms with Gasteiger partial charge in [0.2, 0.25) is 0 Å². The van der Waals surface area contributed by atoms with Gasteiger partial charge in [-0.05, 0) is 18.4 Å². The summed E-state index contributed by atoms with van der Waals surface area (Å²) < 4.78 is 12.1. The number of rotatable bonds is 3. The third-order valence-corrected chi connectivity index (χ3v) is 5.35. The van der Waals surface area contributed by atoms with Crippen LogP contribution in [0.4, 0.5) is 5.13 Å². The molecule has 4 rings (SSSR count). The third kappa shape index (κ3) is 2.81. The average molecular weight is 358 g/mol. The molecule has 3 aromatic rings. The first-order valence-electron chi connectivity index (χ1n) is 7.39. The number of amides is 1. The molecule has 0 aliphatic carbocycles. The maximum Gasteiger partial charge on any atom is 0.258 e. The summed E-state index contributed by atoms with van der Waals surface area (Å²) in [5.41, 5.74) is 1.44. The monoisotopic (exact) mass is 358 g/mol. The van der Waals surface area contributed by atoms with Gasteiger partial charge >= 0.3 is 0 Å². The number of nitrogens with one attached hydrogen (secondary N) is 1. The summed E-state index contributed by atoms with van der Waals surface area (Å²) in [5, 5.41) is 3.45. The molecule has 0 unspecified atom stereocenters. The van der Waals surface area contributed by atoms with Gasteiger partial charge in [0.05, 0.1) is 15.8 Å². The number of thiazole rings is 1. The molecule has 1 aliphatic rings. The number of ether oxygens (including phenoxy) is 2. The van der Waals surface area contributed by atoms with E-state index < -0.39 is 0 Å². The van der Waals surface area contributed by atoms with Gasteiger partial charge in [0.25, 0.3) is 5.91 Å². The van der Waals surface area contributed by atoms with E-state index in [-0.39, 0.29) is 5.91 Å². The van der Waals surface area contributed by atoms with Crippen LogP contribution in [0.3, 0.4) is 0 Å². The summed E-state index contributed by atoms with van der Waals surface area (Å²) in [6.45, 7) is 1.09. The molecule has 0 spiro atoms. The molecule has 5 nitrogen and oxygen atoms in total. The first-order valence-corrected chi connectivity index (χ1v) is 9.43. The van der Waals surface area contributed by atoms with Crippen molar-refractivity contribution in [3.8, 4) is 11.5 Å². The van der Waals surface area contributed by atoms with E-state index in [1.54, 1.807) is 11.8 Å². The zero-order valence-electron chi connectivity index (χ0n) is 12.9. The van der Waals surface area contributed by atoms with Crippen molar-refractivity contribution in [1.82, 2.24) is 4.98 Å². The molecule has 1 aliphatic heterocycles. The van der Waals surface area contributed by atoms with Crippen molar-refractivity contribution in [3.63, 3.8) is 0 Å². The van der Waals surface area contributed by atoms with Crippen LogP contribution in [-0.2, 0) is 0 Å². The summed E-state index contributed by atoms with van der Waals surface area (Å²) in [6, 6.07) is 11.3. The molecular formula is C17H14N2O3S2. The Morgan fingerprint density at radius 2 is 1.96 bits per heavy atom. The first-order chi connectivity index (χ1) is 11.7. The molecule has 0 saturated heterocycles. The standard InChI is InChI=1S/C17H14N2O3S2/c1-23-14-5-3-2-4-10(14)16(20)19-17-18-11-8-12-13(9-15(11)24-17)22-7-6-21-12/h2-5,8-9H,6-7H2,1H3,(H,18,19,20). The van der Waals surface area contributed by atoms with E-state index in [1.807, 2.05) is 42.7 Å². The predicted octanol–water partition coefficient (Wildman–Crippen LogP) is 4.04. The van der Waals surface area contributed by atoms with Crippen molar-refractivity contribution in [1.29, 1.82) is 0 Å².